The van der Waals surface area contributed by atoms with Crippen LogP contribution in [0.2, 0.25) is 0 Å². The Hall–Kier alpha value is -1.07. The van der Waals surface area contributed by atoms with Gasteiger partial charge in [0.05, 0.1) is 16.2 Å². The Bertz CT molecular complexity index is 545. The summed E-state index contributed by atoms with van der Waals surface area (Å²) in [7, 11) is -1.21. The number of nitrogens with zero attached hydrogens (tertiary/aromatic N) is 1. The van der Waals surface area contributed by atoms with Crippen molar-refractivity contribution in [3.05, 3.63) is 24.3 Å². The van der Waals surface area contributed by atoms with E-state index in [1.54, 1.807) is 31.2 Å². The summed E-state index contributed by atoms with van der Waals surface area (Å²) in [5.41, 5.74) is 0.337. The lowest BCUT2D eigenvalue weighted by molar-refractivity contribution is 0.0559. The first kappa shape index (κ1) is 15.3. The van der Waals surface area contributed by atoms with Crippen molar-refractivity contribution in [2.75, 3.05) is 24.2 Å². The van der Waals surface area contributed by atoms with Gasteiger partial charge in [-0.15, -0.1) is 0 Å². The molecule has 112 valence electrons. The van der Waals surface area contributed by atoms with Crippen LogP contribution >= 0.6 is 0 Å². The zero-order valence-corrected chi connectivity index (χ0v) is 13.0. The molecule has 1 aliphatic carbocycles. The number of rotatable bonds is 5. The third-order valence-electron chi connectivity index (χ3n) is 4.08. The van der Waals surface area contributed by atoms with Crippen molar-refractivity contribution < 1.29 is 13.5 Å². The van der Waals surface area contributed by atoms with Crippen molar-refractivity contribution in [1.82, 2.24) is 0 Å². The maximum absolute atomic E-state index is 11.8. The molecule has 0 aliphatic heterocycles. The van der Waals surface area contributed by atoms with Gasteiger partial charge in [0.25, 0.3) is 0 Å². The number of aliphatic hydroxyl groups is 1. The van der Waals surface area contributed by atoms with Crippen molar-refractivity contribution >= 4 is 15.5 Å². The van der Waals surface area contributed by atoms with Gasteiger partial charge in [-0.3, -0.25) is 0 Å². The predicted octanol–water partition coefficient (Wildman–Crippen LogP) is 2.22. The van der Waals surface area contributed by atoms with Crippen LogP contribution < -0.4 is 4.90 Å². The highest BCUT2D eigenvalue weighted by Crippen LogP contribution is 2.31. The first-order valence-corrected chi connectivity index (χ1v) is 8.78. The predicted molar refractivity (Wildman–Crippen MR) is 80.9 cm³/mol. The molecule has 0 atom stereocenters. The van der Waals surface area contributed by atoms with E-state index in [0.717, 1.165) is 31.4 Å². The second kappa shape index (κ2) is 5.74. The topological polar surface area (TPSA) is 57.6 Å². The van der Waals surface area contributed by atoms with E-state index in [0.29, 0.717) is 11.4 Å². The molecule has 0 radical (unpaired) electrons. The van der Waals surface area contributed by atoms with E-state index in [2.05, 4.69) is 0 Å². The summed E-state index contributed by atoms with van der Waals surface area (Å²) in [4.78, 5) is 2.35. The lowest BCUT2D eigenvalue weighted by Crippen LogP contribution is -2.39. The van der Waals surface area contributed by atoms with Crippen molar-refractivity contribution in [3.63, 3.8) is 0 Å². The van der Waals surface area contributed by atoms with Crippen LogP contribution in [0.1, 0.15) is 32.6 Å². The summed E-state index contributed by atoms with van der Waals surface area (Å²) in [5, 5.41) is 10.4. The van der Waals surface area contributed by atoms with Crippen LogP contribution in [0.25, 0.3) is 0 Å². The normalized spacial score (nSPS) is 18.1. The van der Waals surface area contributed by atoms with Crippen molar-refractivity contribution in [2.45, 2.75) is 43.1 Å². The van der Waals surface area contributed by atoms with Gasteiger partial charge >= 0.3 is 0 Å². The number of likely N-dealkylation sites (N-methyl/N-ethyl adjacent to an activating group) is 1. The summed E-state index contributed by atoms with van der Waals surface area (Å²) >= 11 is 0. The number of benzene rings is 1. The molecule has 0 spiro atoms. The molecule has 0 saturated heterocycles. The molecular formula is C15H23NO3S. The van der Waals surface area contributed by atoms with Gasteiger partial charge in [-0.25, -0.2) is 8.42 Å². The summed E-state index contributed by atoms with van der Waals surface area (Å²) in [6.07, 6.45) is 3.86. The zero-order chi connectivity index (χ0) is 14.8. The largest absolute Gasteiger partial charge is 0.388 e. The van der Waals surface area contributed by atoms with Gasteiger partial charge in [-0.1, -0.05) is 19.8 Å². The van der Waals surface area contributed by atoms with E-state index in [-0.39, 0.29) is 5.75 Å². The van der Waals surface area contributed by atoms with Gasteiger partial charge in [0.2, 0.25) is 0 Å². The summed E-state index contributed by atoms with van der Waals surface area (Å²) in [5.74, 6) is 0.113. The molecule has 0 heterocycles. The Kier molecular flexibility index (Phi) is 4.39. The first-order chi connectivity index (χ1) is 9.36. The quantitative estimate of drug-likeness (QED) is 0.905. The van der Waals surface area contributed by atoms with Crippen molar-refractivity contribution in [3.8, 4) is 0 Å². The van der Waals surface area contributed by atoms with E-state index in [1.165, 1.54) is 0 Å². The molecule has 4 nitrogen and oxygen atoms in total. The maximum Gasteiger partial charge on any atom is 0.178 e. The Labute approximate surface area is 121 Å². The van der Waals surface area contributed by atoms with Gasteiger partial charge in [-0.05, 0) is 37.1 Å². The van der Waals surface area contributed by atoms with Crippen LogP contribution in [0.4, 0.5) is 5.69 Å². The van der Waals surface area contributed by atoms with E-state index in [4.69, 9.17) is 0 Å². The molecule has 0 amide bonds. The van der Waals surface area contributed by atoms with Gasteiger partial charge in [0.15, 0.2) is 9.84 Å². The molecule has 2 rings (SSSR count). The minimum Gasteiger partial charge on any atom is -0.388 e. The average Bonchev–Trinajstić information content (AvgIpc) is 2.85. The van der Waals surface area contributed by atoms with Crippen LogP contribution in [0.5, 0.6) is 0 Å². The molecule has 1 fully saturated rings. The molecule has 20 heavy (non-hydrogen) atoms. The van der Waals surface area contributed by atoms with Crippen molar-refractivity contribution in [1.29, 1.82) is 0 Å². The fraction of sp³-hybridized carbons (Fsp3) is 0.600. The number of sulfone groups is 1. The molecule has 1 aromatic carbocycles. The molecule has 1 saturated carbocycles. The highest BCUT2D eigenvalue weighted by Gasteiger charge is 2.32. The standard InChI is InChI=1S/C15H23NO3S/c1-3-20(18,19)14-8-6-13(7-9-14)16(2)12-15(17)10-4-5-11-15/h6-9,17H,3-5,10-12H2,1-2H3. The van der Waals surface area contributed by atoms with Gasteiger partial charge in [-0.2, -0.15) is 0 Å². The molecule has 0 bridgehead atoms. The molecule has 0 unspecified atom stereocenters. The molecule has 1 N–H and O–H groups in total. The van der Waals surface area contributed by atoms with Gasteiger partial charge < -0.3 is 10.0 Å². The second-order valence-corrected chi connectivity index (χ2v) is 7.96. The molecular weight excluding hydrogens is 274 g/mol. The van der Waals surface area contributed by atoms with Gasteiger partial charge in [0.1, 0.15) is 0 Å². The third-order valence-corrected chi connectivity index (χ3v) is 5.83. The van der Waals surface area contributed by atoms with Gasteiger partial charge in [0, 0.05) is 19.3 Å². The van der Waals surface area contributed by atoms with E-state index < -0.39 is 15.4 Å². The third kappa shape index (κ3) is 3.33. The Morgan fingerprint density at radius 2 is 1.75 bits per heavy atom. The van der Waals surface area contributed by atoms with Crippen molar-refractivity contribution in [2.24, 2.45) is 0 Å². The second-order valence-electron chi connectivity index (χ2n) is 5.68. The average molecular weight is 297 g/mol. The number of hydrogen-bond donors (Lipinski definition) is 1. The van der Waals surface area contributed by atoms with E-state index >= 15 is 0 Å². The van der Waals surface area contributed by atoms with Crippen LogP contribution in [0, 0.1) is 0 Å². The first-order valence-electron chi connectivity index (χ1n) is 7.13. The fourth-order valence-electron chi connectivity index (χ4n) is 2.80. The smallest absolute Gasteiger partial charge is 0.178 e. The SMILES string of the molecule is CCS(=O)(=O)c1ccc(N(C)CC2(O)CCCC2)cc1. The number of hydrogen-bond acceptors (Lipinski definition) is 4. The minimum atomic E-state index is -3.14. The lowest BCUT2D eigenvalue weighted by Gasteiger charge is -2.30. The monoisotopic (exact) mass is 297 g/mol. The molecule has 1 aliphatic rings. The van der Waals surface area contributed by atoms with Crippen LogP contribution in [-0.4, -0.2) is 38.5 Å². The van der Waals surface area contributed by atoms with E-state index in [1.807, 2.05) is 11.9 Å². The van der Waals surface area contributed by atoms with Crippen LogP contribution in [0.15, 0.2) is 29.2 Å². The van der Waals surface area contributed by atoms with E-state index in [9.17, 15) is 13.5 Å². The highest BCUT2D eigenvalue weighted by atomic mass is 32.2. The minimum absolute atomic E-state index is 0.113. The summed E-state index contributed by atoms with van der Waals surface area (Å²) in [6.45, 7) is 2.23. The molecule has 1 aromatic rings. The fourth-order valence-corrected chi connectivity index (χ4v) is 3.68. The summed E-state index contributed by atoms with van der Waals surface area (Å²) in [6, 6.07) is 6.90. The summed E-state index contributed by atoms with van der Waals surface area (Å²) < 4.78 is 23.5. The molecule has 0 aromatic heterocycles. The zero-order valence-electron chi connectivity index (χ0n) is 12.2. The number of anilines is 1. The highest BCUT2D eigenvalue weighted by molar-refractivity contribution is 7.91. The van der Waals surface area contributed by atoms with Crippen LogP contribution in [-0.2, 0) is 9.84 Å². The Morgan fingerprint density at radius 3 is 2.25 bits per heavy atom. The Balaban J connectivity index is 2.10. The Morgan fingerprint density at radius 1 is 1.20 bits per heavy atom. The maximum atomic E-state index is 11.8. The molecule has 5 heteroatoms. The lowest BCUT2D eigenvalue weighted by atomic mass is 10.0. The van der Waals surface area contributed by atoms with Crippen LogP contribution in [0.3, 0.4) is 0 Å².